The highest BCUT2D eigenvalue weighted by molar-refractivity contribution is 6.17. The third kappa shape index (κ3) is 1.68. The van der Waals surface area contributed by atoms with Crippen molar-refractivity contribution in [2.24, 2.45) is 0 Å². The summed E-state index contributed by atoms with van der Waals surface area (Å²) in [5.41, 5.74) is 3.89. The number of halogens is 1. The van der Waals surface area contributed by atoms with Gasteiger partial charge in [0.1, 0.15) is 5.65 Å². The maximum atomic E-state index is 6.03. The van der Waals surface area contributed by atoms with Crippen LogP contribution in [-0.2, 0) is 5.88 Å². The molecule has 0 aliphatic rings. The summed E-state index contributed by atoms with van der Waals surface area (Å²) in [4.78, 5) is 8.62. The second-order valence-corrected chi connectivity index (χ2v) is 3.97. The third-order valence-corrected chi connectivity index (χ3v) is 2.96. The maximum absolute atomic E-state index is 6.03. The van der Waals surface area contributed by atoms with Crippen LogP contribution in [0.3, 0.4) is 0 Å². The van der Waals surface area contributed by atoms with Crippen molar-refractivity contribution in [2.75, 3.05) is 0 Å². The van der Waals surface area contributed by atoms with E-state index in [1.165, 1.54) is 0 Å². The van der Waals surface area contributed by atoms with Crippen LogP contribution in [0.15, 0.2) is 48.9 Å². The Labute approximate surface area is 104 Å². The SMILES string of the molecule is ClCc1c(-c2ccncc2)nc2ccccn12. The number of hydrogen-bond donors (Lipinski definition) is 0. The van der Waals surface area contributed by atoms with E-state index >= 15 is 0 Å². The fourth-order valence-electron chi connectivity index (χ4n) is 1.92. The van der Waals surface area contributed by atoms with Crippen molar-refractivity contribution in [3.63, 3.8) is 0 Å². The lowest BCUT2D eigenvalue weighted by atomic mass is 10.2. The van der Waals surface area contributed by atoms with E-state index in [0.29, 0.717) is 5.88 Å². The molecule has 3 heterocycles. The van der Waals surface area contributed by atoms with Crippen LogP contribution in [-0.4, -0.2) is 14.4 Å². The predicted octanol–water partition coefficient (Wildman–Crippen LogP) is 3.14. The molecular formula is C13H10ClN3. The van der Waals surface area contributed by atoms with Crippen LogP contribution in [0.4, 0.5) is 0 Å². The second kappa shape index (κ2) is 4.18. The van der Waals surface area contributed by atoms with Crippen LogP contribution in [0, 0.1) is 0 Å². The zero-order chi connectivity index (χ0) is 11.7. The molecule has 0 saturated heterocycles. The van der Waals surface area contributed by atoms with Gasteiger partial charge in [-0.25, -0.2) is 4.98 Å². The number of pyridine rings is 2. The van der Waals surface area contributed by atoms with Crippen LogP contribution in [0.25, 0.3) is 16.9 Å². The van der Waals surface area contributed by atoms with Gasteiger partial charge in [0.2, 0.25) is 0 Å². The lowest BCUT2D eigenvalue weighted by Gasteiger charge is -2.00. The highest BCUT2D eigenvalue weighted by Crippen LogP contribution is 2.24. The van der Waals surface area contributed by atoms with E-state index in [2.05, 4.69) is 9.97 Å². The van der Waals surface area contributed by atoms with Gasteiger partial charge >= 0.3 is 0 Å². The van der Waals surface area contributed by atoms with Crippen molar-refractivity contribution in [3.8, 4) is 11.3 Å². The van der Waals surface area contributed by atoms with Crippen LogP contribution in [0.2, 0.25) is 0 Å². The topological polar surface area (TPSA) is 30.2 Å². The molecular weight excluding hydrogens is 234 g/mol. The van der Waals surface area contributed by atoms with E-state index < -0.39 is 0 Å². The summed E-state index contributed by atoms with van der Waals surface area (Å²) >= 11 is 6.03. The van der Waals surface area contributed by atoms with Gasteiger partial charge in [-0.2, -0.15) is 0 Å². The molecule has 3 nitrogen and oxygen atoms in total. The molecule has 0 unspecified atom stereocenters. The number of aromatic nitrogens is 3. The van der Waals surface area contributed by atoms with Crippen molar-refractivity contribution in [1.82, 2.24) is 14.4 Å². The summed E-state index contributed by atoms with van der Waals surface area (Å²) < 4.78 is 2.02. The van der Waals surface area contributed by atoms with Gasteiger partial charge in [0.05, 0.1) is 17.3 Å². The Morgan fingerprint density at radius 3 is 2.71 bits per heavy atom. The maximum Gasteiger partial charge on any atom is 0.137 e. The monoisotopic (exact) mass is 243 g/mol. The highest BCUT2D eigenvalue weighted by Gasteiger charge is 2.12. The van der Waals surface area contributed by atoms with Crippen LogP contribution >= 0.6 is 11.6 Å². The van der Waals surface area contributed by atoms with E-state index in [1.807, 2.05) is 40.9 Å². The summed E-state index contributed by atoms with van der Waals surface area (Å²) in [5, 5.41) is 0. The van der Waals surface area contributed by atoms with Gasteiger partial charge in [-0.3, -0.25) is 4.98 Å². The normalized spacial score (nSPS) is 10.9. The average Bonchev–Trinajstić information content (AvgIpc) is 2.78. The van der Waals surface area contributed by atoms with E-state index in [-0.39, 0.29) is 0 Å². The minimum absolute atomic E-state index is 0.433. The molecule has 84 valence electrons. The number of nitrogens with zero attached hydrogens (tertiary/aromatic N) is 3. The number of alkyl halides is 1. The molecule has 4 heteroatoms. The molecule has 0 bridgehead atoms. The van der Waals surface area contributed by atoms with Gasteiger partial charge in [0.25, 0.3) is 0 Å². The summed E-state index contributed by atoms with van der Waals surface area (Å²) in [6, 6.07) is 9.80. The lowest BCUT2D eigenvalue weighted by Crippen LogP contribution is -1.90. The number of fused-ring (bicyclic) bond motifs is 1. The Hall–Kier alpha value is -1.87. The molecule has 0 N–H and O–H groups in total. The number of hydrogen-bond acceptors (Lipinski definition) is 2. The van der Waals surface area contributed by atoms with Crippen molar-refractivity contribution in [3.05, 3.63) is 54.6 Å². The summed E-state index contributed by atoms with van der Waals surface area (Å²) in [5.74, 6) is 0.433. The molecule has 3 rings (SSSR count). The first-order chi connectivity index (χ1) is 8.40. The van der Waals surface area contributed by atoms with Gasteiger partial charge in [-0.1, -0.05) is 6.07 Å². The van der Waals surface area contributed by atoms with Crippen molar-refractivity contribution in [1.29, 1.82) is 0 Å². The number of imidazole rings is 1. The summed E-state index contributed by atoms with van der Waals surface area (Å²) in [6.07, 6.45) is 5.50. The smallest absolute Gasteiger partial charge is 0.137 e. The van der Waals surface area contributed by atoms with Gasteiger partial charge < -0.3 is 4.40 Å². The van der Waals surface area contributed by atoms with Crippen molar-refractivity contribution >= 4 is 17.2 Å². The molecule has 0 aromatic carbocycles. The molecule has 0 fully saturated rings. The molecule has 0 aliphatic heterocycles. The Balaban J connectivity index is 2.30. The Bertz CT molecular complexity index is 646. The van der Waals surface area contributed by atoms with E-state index in [0.717, 1.165) is 22.6 Å². The minimum atomic E-state index is 0.433. The standard InChI is InChI=1S/C13H10ClN3/c14-9-11-13(10-4-6-15-7-5-10)16-12-3-1-2-8-17(11)12/h1-8H,9H2. The minimum Gasteiger partial charge on any atom is -0.302 e. The zero-order valence-corrected chi connectivity index (χ0v) is 9.80. The zero-order valence-electron chi connectivity index (χ0n) is 9.05. The highest BCUT2D eigenvalue weighted by atomic mass is 35.5. The molecule has 17 heavy (non-hydrogen) atoms. The average molecular weight is 244 g/mol. The van der Waals surface area contributed by atoms with Gasteiger partial charge in [-0.15, -0.1) is 11.6 Å². The quantitative estimate of drug-likeness (QED) is 0.648. The summed E-state index contributed by atoms with van der Waals surface area (Å²) in [7, 11) is 0. The van der Waals surface area contributed by atoms with Gasteiger partial charge in [0.15, 0.2) is 0 Å². The Kier molecular flexibility index (Phi) is 2.53. The molecule has 0 spiro atoms. The van der Waals surface area contributed by atoms with Gasteiger partial charge in [0, 0.05) is 24.2 Å². The molecule has 0 saturated carbocycles. The first-order valence-corrected chi connectivity index (χ1v) is 5.86. The lowest BCUT2D eigenvalue weighted by molar-refractivity contribution is 1.09. The molecule has 0 atom stereocenters. The molecule has 3 aromatic heterocycles. The molecule has 0 aliphatic carbocycles. The van der Waals surface area contributed by atoms with Crippen LogP contribution < -0.4 is 0 Å². The first-order valence-electron chi connectivity index (χ1n) is 5.32. The molecule has 0 amide bonds. The largest absolute Gasteiger partial charge is 0.302 e. The van der Waals surface area contributed by atoms with Gasteiger partial charge in [-0.05, 0) is 24.3 Å². The third-order valence-electron chi connectivity index (χ3n) is 2.71. The fraction of sp³-hybridized carbons (Fsp3) is 0.0769. The van der Waals surface area contributed by atoms with E-state index in [1.54, 1.807) is 12.4 Å². The van der Waals surface area contributed by atoms with Crippen LogP contribution in [0.5, 0.6) is 0 Å². The molecule has 0 radical (unpaired) electrons. The fourth-order valence-corrected chi connectivity index (χ4v) is 2.17. The van der Waals surface area contributed by atoms with Crippen molar-refractivity contribution in [2.45, 2.75) is 5.88 Å². The van der Waals surface area contributed by atoms with E-state index in [4.69, 9.17) is 11.6 Å². The second-order valence-electron chi connectivity index (χ2n) is 3.71. The summed E-state index contributed by atoms with van der Waals surface area (Å²) in [6.45, 7) is 0. The first kappa shape index (κ1) is 10.3. The Morgan fingerprint density at radius 1 is 1.12 bits per heavy atom. The molecule has 3 aromatic rings. The van der Waals surface area contributed by atoms with Crippen molar-refractivity contribution < 1.29 is 0 Å². The predicted molar refractivity (Wildman–Crippen MR) is 68.0 cm³/mol. The van der Waals surface area contributed by atoms with E-state index in [9.17, 15) is 0 Å². The number of rotatable bonds is 2. The van der Waals surface area contributed by atoms with Crippen LogP contribution in [0.1, 0.15) is 5.69 Å². The Morgan fingerprint density at radius 2 is 1.94 bits per heavy atom.